The molecule has 236 valence electrons. The third-order valence-electron chi connectivity index (χ3n) is 7.92. The van der Waals surface area contributed by atoms with Crippen LogP contribution < -0.4 is 0 Å². The zero-order chi connectivity index (χ0) is 32.8. The van der Waals surface area contributed by atoms with Crippen LogP contribution in [0, 0.1) is 0 Å². The van der Waals surface area contributed by atoms with Crippen LogP contribution in [0.3, 0.4) is 0 Å². The van der Waals surface area contributed by atoms with Crippen LogP contribution in [0.1, 0.15) is 61.4 Å². The number of benzene rings is 4. The van der Waals surface area contributed by atoms with Crippen LogP contribution in [-0.2, 0) is 30.9 Å². The Hall–Kier alpha value is -4.92. The smallest absolute Gasteiger partial charge is 0.416 e. The highest BCUT2D eigenvalue weighted by Gasteiger charge is 2.31. The van der Waals surface area contributed by atoms with Crippen molar-refractivity contribution in [3.8, 4) is 22.5 Å². The quantitative estimate of drug-likeness (QED) is 0.166. The van der Waals surface area contributed by atoms with E-state index in [-0.39, 0.29) is 5.97 Å². The lowest BCUT2D eigenvalue weighted by atomic mass is 9.98. The van der Waals surface area contributed by atoms with Crippen LogP contribution in [0.4, 0.5) is 13.2 Å². The van der Waals surface area contributed by atoms with Crippen LogP contribution in [0.25, 0.3) is 44.6 Å². The normalized spacial score (nSPS) is 12.3. The second-order valence-electron chi connectivity index (χ2n) is 12.5. The number of esters is 1. The highest BCUT2D eigenvalue weighted by molar-refractivity contribution is 5.97. The molecule has 0 saturated heterocycles. The molecule has 0 fully saturated rings. The lowest BCUT2D eigenvalue weighted by Crippen LogP contribution is -2.24. The predicted molar refractivity (Wildman–Crippen MR) is 175 cm³/mol. The first-order valence-electron chi connectivity index (χ1n) is 15.3. The van der Waals surface area contributed by atoms with Gasteiger partial charge in [-0.2, -0.15) is 13.2 Å². The van der Waals surface area contributed by atoms with Crippen molar-refractivity contribution in [3.05, 3.63) is 107 Å². The number of halogens is 3. The van der Waals surface area contributed by atoms with Crippen molar-refractivity contribution in [2.75, 3.05) is 0 Å². The number of rotatable bonds is 7. The van der Waals surface area contributed by atoms with Gasteiger partial charge in [0.2, 0.25) is 0 Å². The number of carbonyl (C=O) groups excluding carboxylic acids is 1. The molecule has 0 N–H and O–H groups in total. The number of imidazole rings is 2. The molecule has 46 heavy (non-hydrogen) atoms. The Kier molecular flexibility index (Phi) is 7.96. The van der Waals surface area contributed by atoms with Gasteiger partial charge in [0.1, 0.15) is 17.2 Å². The van der Waals surface area contributed by atoms with Crippen LogP contribution in [-0.4, -0.2) is 30.7 Å². The van der Waals surface area contributed by atoms with Crippen molar-refractivity contribution >= 4 is 28.0 Å². The van der Waals surface area contributed by atoms with E-state index in [0.29, 0.717) is 29.0 Å². The molecule has 4 aromatic carbocycles. The Morgan fingerprint density at radius 1 is 0.826 bits per heavy atom. The van der Waals surface area contributed by atoms with E-state index in [4.69, 9.17) is 9.72 Å². The van der Waals surface area contributed by atoms with Crippen molar-refractivity contribution < 1.29 is 22.7 Å². The van der Waals surface area contributed by atoms with E-state index in [0.717, 1.165) is 64.1 Å². The summed E-state index contributed by atoms with van der Waals surface area (Å²) in [5.41, 5.74) is 5.43. The summed E-state index contributed by atoms with van der Waals surface area (Å²) in [6.45, 7) is 8.23. The molecule has 9 heteroatoms. The second kappa shape index (κ2) is 11.8. The van der Waals surface area contributed by atoms with E-state index >= 15 is 0 Å². The second-order valence-corrected chi connectivity index (χ2v) is 12.5. The van der Waals surface area contributed by atoms with Gasteiger partial charge in [-0.3, -0.25) is 0 Å². The summed E-state index contributed by atoms with van der Waals surface area (Å²) in [5.74, 6) is 1.17. The average Bonchev–Trinajstić information content (AvgIpc) is 3.52. The molecule has 0 aliphatic rings. The molecule has 0 atom stereocenters. The van der Waals surface area contributed by atoms with Crippen LogP contribution in [0.15, 0.2) is 84.9 Å². The molecular weight excluding hydrogens is 589 g/mol. The lowest BCUT2D eigenvalue weighted by molar-refractivity contribution is -0.137. The maximum Gasteiger partial charge on any atom is 0.416 e. The fraction of sp³-hybridized carbons (Fsp3) is 0.270. The first kappa shape index (κ1) is 31.1. The predicted octanol–water partition coefficient (Wildman–Crippen LogP) is 9.23. The van der Waals surface area contributed by atoms with Crippen LogP contribution >= 0.6 is 0 Å². The highest BCUT2D eigenvalue weighted by atomic mass is 19.4. The minimum atomic E-state index is -4.44. The Labute approximate surface area is 265 Å². The number of ether oxygens (including phenoxy) is 1. The SMILES string of the molecule is CCCc1nc2ccc(-c3nc4cc(C(F)(F)F)ccc4n3C)cc2n1Cc1ccc(-c2ccccc2C(=O)OC(C)(C)C)cc1. The highest BCUT2D eigenvalue weighted by Crippen LogP contribution is 2.34. The summed E-state index contributed by atoms with van der Waals surface area (Å²) < 4.78 is 49.7. The van der Waals surface area contributed by atoms with Gasteiger partial charge in [0, 0.05) is 25.6 Å². The van der Waals surface area contributed by atoms with Crippen molar-refractivity contribution in [1.82, 2.24) is 19.1 Å². The lowest BCUT2D eigenvalue weighted by Gasteiger charge is -2.20. The van der Waals surface area contributed by atoms with Gasteiger partial charge in [-0.05, 0) is 86.3 Å². The van der Waals surface area contributed by atoms with Gasteiger partial charge >= 0.3 is 12.1 Å². The molecule has 0 aliphatic heterocycles. The van der Waals surface area contributed by atoms with Crippen molar-refractivity contribution in [1.29, 1.82) is 0 Å². The monoisotopic (exact) mass is 624 g/mol. The van der Waals surface area contributed by atoms with E-state index in [1.807, 2.05) is 80.9 Å². The largest absolute Gasteiger partial charge is 0.456 e. The Morgan fingerprint density at radius 2 is 1.54 bits per heavy atom. The van der Waals surface area contributed by atoms with E-state index < -0.39 is 17.3 Å². The Balaban J connectivity index is 1.35. The molecule has 0 spiro atoms. The molecule has 6 rings (SSSR count). The number of carbonyl (C=O) groups is 1. The number of hydrogen-bond acceptors (Lipinski definition) is 4. The van der Waals surface area contributed by atoms with Gasteiger partial charge in [0.15, 0.2) is 0 Å². The molecule has 0 unspecified atom stereocenters. The van der Waals surface area contributed by atoms with E-state index in [9.17, 15) is 18.0 Å². The molecule has 2 aromatic heterocycles. The molecule has 0 saturated carbocycles. The van der Waals surface area contributed by atoms with Gasteiger partial charge in [0.05, 0.1) is 33.2 Å². The maximum atomic E-state index is 13.4. The molecule has 0 aliphatic carbocycles. The van der Waals surface area contributed by atoms with Crippen molar-refractivity contribution in [2.24, 2.45) is 7.05 Å². The summed E-state index contributed by atoms with van der Waals surface area (Å²) in [5, 5.41) is 0. The van der Waals surface area contributed by atoms with Crippen molar-refractivity contribution in [2.45, 2.75) is 58.9 Å². The molecule has 6 nitrogen and oxygen atoms in total. The zero-order valence-corrected chi connectivity index (χ0v) is 26.4. The molecule has 6 aromatic rings. The molecular formula is C37H35F3N4O2. The first-order chi connectivity index (χ1) is 21.8. The zero-order valence-electron chi connectivity index (χ0n) is 26.4. The number of fused-ring (bicyclic) bond motifs is 2. The fourth-order valence-electron chi connectivity index (χ4n) is 5.76. The summed E-state index contributed by atoms with van der Waals surface area (Å²) in [6.07, 6.45) is -2.73. The van der Waals surface area contributed by atoms with Crippen LogP contribution in [0.5, 0.6) is 0 Å². The topological polar surface area (TPSA) is 61.9 Å². The van der Waals surface area contributed by atoms with E-state index in [1.165, 1.54) is 6.07 Å². The number of aryl methyl sites for hydroxylation is 2. The van der Waals surface area contributed by atoms with Crippen LogP contribution in [0.2, 0.25) is 0 Å². The summed E-state index contributed by atoms with van der Waals surface area (Å²) in [7, 11) is 1.81. The van der Waals surface area contributed by atoms with Gasteiger partial charge < -0.3 is 13.9 Å². The van der Waals surface area contributed by atoms with Gasteiger partial charge in [-0.15, -0.1) is 0 Å². The van der Waals surface area contributed by atoms with E-state index in [2.05, 4.69) is 28.6 Å². The number of aromatic nitrogens is 4. The third kappa shape index (κ3) is 6.14. The number of hydrogen-bond donors (Lipinski definition) is 0. The molecule has 0 amide bonds. The minimum Gasteiger partial charge on any atom is -0.456 e. The summed E-state index contributed by atoms with van der Waals surface area (Å²) >= 11 is 0. The molecule has 2 heterocycles. The van der Waals surface area contributed by atoms with Crippen molar-refractivity contribution in [3.63, 3.8) is 0 Å². The Morgan fingerprint density at radius 3 is 2.24 bits per heavy atom. The standard InChI is InChI=1S/C37H35F3N4O2/c1-6-9-33-41-29-18-16-25(34-42-30-21-26(37(38,39)40)17-19-31(30)43(34)5)20-32(29)44(33)22-23-12-14-24(15-13-23)27-10-7-8-11-28(27)35(45)46-36(2,3)4/h7-8,10-21H,6,9,22H2,1-5H3. The Bertz CT molecular complexity index is 2070. The molecule has 0 radical (unpaired) electrons. The maximum absolute atomic E-state index is 13.4. The third-order valence-corrected chi connectivity index (χ3v) is 7.92. The molecule has 0 bridgehead atoms. The van der Waals surface area contributed by atoms with Gasteiger partial charge in [-0.25, -0.2) is 14.8 Å². The average molecular weight is 625 g/mol. The fourth-order valence-corrected chi connectivity index (χ4v) is 5.76. The number of alkyl halides is 3. The first-order valence-corrected chi connectivity index (χ1v) is 15.3. The summed E-state index contributed by atoms with van der Waals surface area (Å²) in [6, 6.07) is 25.1. The minimum absolute atomic E-state index is 0.293. The van der Waals surface area contributed by atoms with Gasteiger partial charge in [-0.1, -0.05) is 49.4 Å². The summed E-state index contributed by atoms with van der Waals surface area (Å²) in [4.78, 5) is 22.4. The van der Waals surface area contributed by atoms with E-state index in [1.54, 1.807) is 6.07 Å². The van der Waals surface area contributed by atoms with Gasteiger partial charge in [0.25, 0.3) is 0 Å². The number of nitrogens with zero attached hydrogens (tertiary/aromatic N) is 4.